The van der Waals surface area contributed by atoms with Gasteiger partial charge < -0.3 is 9.13 Å². The second kappa shape index (κ2) is 8.00. The van der Waals surface area contributed by atoms with Gasteiger partial charge in [-0.3, -0.25) is 0 Å². The highest BCUT2D eigenvalue weighted by atomic mass is 32.2. The fourth-order valence-corrected chi connectivity index (χ4v) is 11.9. The van der Waals surface area contributed by atoms with Crippen LogP contribution in [0.1, 0.15) is 5.56 Å². The molecule has 0 saturated carbocycles. The molecular weight excluding hydrogens is 577 g/mol. The maximum absolute atomic E-state index is 2.65. The van der Waals surface area contributed by atoms with Gasteiger partial charge in [0.05, 0.1) is 33.4 Å². The van der Waals surface area contributed by atoms with Crippen LogP contribution in [0.2, 0.25) is 0 Å². The molecule has 0 spiro atoms. The molecule has 3 heteroatoms. The fraction of sp³-hybridized carbons (Fsp3) is 0.0233. The van der Waals surface area contributed by atoms with Gasteiger partial charge in [-0.15, -0.1) is 0 Å². The Morgan fingerprint density at radius 1 is 0.435 bits per heavy atom. The molecule has 8 aromatic carbocycles. The highest BCUT2D eigenvalue weighted by Gasteiger charge is 2.38. The van der Waals surface area contributed by atoms with Crippen molar-refractivity contribution in [2.45, 2.75) is 21.6 Å². The third kappa shape index (κ3) is 2.59. The number of hydrogen-bond donors (Lipinski definition) is 1. The third-order valence-electron chi connectivity index (χ3n) is 10.7. The summed E-state index contributed by atoms with van der Waals surface area (Å²) in [5, 5.41) is 13.3. The number of aryl methyl sites for hydroxylation is 1. The molecule has 2 aliphatic rings. The molecule has 0 saturated heterocycles. The van der Waals surface area contributed by atoms with E-state index in [2.05, 4.69) is 150 Å². The Morgan fingerprint density at radius 2 is 0.957 bits per heavy atom. The minimum Gasteiger partial charge on any atom is -0.307 e. The smallest absolute Gasteiger partial charge is 0.0693 e. The van der Waals surface area contributed by atoms with Crippen LogP contribution in [0.15, 0.2) is 148 Å². The van der Waals surface area contributed by atoms with Crippen molar-refractivity contribution >= 4 is 86.8 Å². The molecule has 0 N–H and O–H groups in total. The van der Waals surface area contributed by atoms with E-state index in [1.54, 1.807) is 0 Å². The molecule has 0 radical (unpaired) electrons. The Kier molecular flexibility index (Phi) is 4.14. The average Bonchev–Trinajstić information content (AvgIpc) is 3.62. The molecule has 2 aromatic heterocycles. The zero-order valence-corrected chi connectivity index (χ0v) is 25.9. The van der Waals surface area contributed by atoms with E-state index in [0.717, 1.165) is 0 Å². The standard InChI is InChI=1S/C43H26N2S/c1-24-20-21-27-25-10-2-3-11-26(25)33-23-36-43-42(39(33)32(27)22-24)45-35-17-7-5-13-29(35)31-15-9-19-38(41(31)45)46(43)37-18-8-14-30-28-12-4-6-16-34(28)44(36)40(30)37/h2-23,46H,1H3. The quantitative estimate of drug-likeness (QED) is 0.131. The first-order chi connectivity index (χ1) is 22.8. The Morgan fingerprint density at radius 3 is 1.65 bits per heavy atom. The van der Waals surface area contributed by atoms with Crippen LogP contribution in [-0.2, 0) is 0 Å². The summed E-state index contributed by atoms with van der Waals surface area (Å²) in [6.45, 7) is 2.23. The lowest BCUT2D eigenvalue weighted by Crippen LogP contribution is -2.14. The normalized spacial score (nSPS) is 15.6. The predicted octanol–water partition coefficient (Wildman–Crippen LogP) is 11.8. The second-order valence-corrected chi connectivity index (χ2v) is 15.1. The molecule has 0 bridgehead atoms. The van der Waals surface area contributed by atoms with Crippen molar-refractivity contribution in [3.63, 3.8) is 0 Å². The number of para-hydroxylation sites is 4. The van der Waals surface area contributed by atoms with Gasteiger partial charge in [-0.25, -0.2) is 0 Å². The van der Waals surface area contributed by atoms with E-state index < -0.39 is 10.9 Å². The molecule has 46 heavy (non-hydrogen) atoms. The molecule has 4 heterocycles. The number of fused-ring (bicyclic) bond motifs is 17. The molecule has 1 atom stereocenters. The fourth-order valence-electron chi connectivity index (χ4n) is 9.01. The van der Waals surface area contributed by atoms with Crippen molar-refractivity contribution in [1.29, 1.82) is 0 Å². The van der Waals surface area contributed by atoms with E-state index in [9.17, 15) is 0 Å². The van der Waals surface area contributed by atoms with Gasteiger partial charge >= 0.3 is 0 Å². The van der Waals surface area contributed by atoms with Crippen molar-refractivity contribution in [1.82, 2.24) is 9.13 Å². The minimum atomic E-state index is -0.825. The SMILES string of the molecule is Cc1ccc2c3ccccc3c3cc4c5c(c3c2c1)-n1c2ccccc2c2cccc(c21)[SH]5c1cccc2c3ccccc3n-4c12. The van der Waals surface area contributed by atoms with Crippen LogP contribution in [0.4, 0.5) is 0 Å². The van der Waals surface area contributed by atoms with Gasteiger partial charge in [0.2, 0.25) is 0 Å². The van der Waals surface area contributed by atoms with Gasteiger partial charge in [-0.05, 0) is 64.2 Å². The van der Waals surface area contributed by atoms with Crippen LogP contribution >= 0.6 is 10.9 Å². The van der Waals surface area contributed by atoms with Crippen LogP contribution < -0.4 is 0 Å². The van der Waals surface area contributed by atoms with E-state index in [1.807, 2.05) is 0 Å². The van der Waals surface area contributed by atoms with E-state index in [-0.39, 0.29) is 0 Å². The summed E-state index contributed by atoms with van der Waals surface area (Å²) < 4.78 is 5.25. The molecule has 2 nitrogen and oxygen atoms in total. The van der Waals surface area contributed by atoms with Crippen molar-refractivity contribution in [2.75, 3.05) is 0 Å². The molecule has 0 fully saturated rings. The van der Waals surface area contributed by atoms with Gasteiger partial charge in [0, 0.05) is 41.6 Å². The van der Waals surface area contributed by atoms with Gasteiger partial charge in [-0.1, -0.05) is 109 Å². The second-order valence-electron chi connectivity index (χ2n) is 13.0. The van der Waals surface area contributed by atoms with Gasteiger partial charge in [0.1, 0.15) is 0 Å². The van der Waals surface area contributed by atoms with Crippen LogP contribution in [0.3, 0.4) is 0 Å². The topological polar surface area (TPSA) is 9.86 Å². The third-order valence-corrected chi connectivity index (χ3v) is 13.3. The van der Waals surface area contributed by atoms with Crippen LogP contribution in [0.5, 0.6) is 0 Å². The minimum absolute atomic E-state index is 0.825. The van der Waals surface area contributed by atoms with E-state index >= 15 is 0 Å². The summed E-state index contributed by atoms with van der Waals surface area (Å²) in [5.41, 5.74) is 9.29. The van der Waals surface area contributed by atoms with Crippen molar-refractivity contribution in [3.05, 3.63) is 139 Å². The number of nitrogens with zero attached hydrogens (tertiary/aromatic N) is 2. The zero-order chi connectivity index (χ0) is 29.8. The summed E-state index contributed by atoms with van der Waals surface area (Å²) in [5.74, 6) is 0. The molecule has 10 aromatic rings. The van der Waals surface area contributed by atoms with Crippen molar-refractivity contribution < 1.29 is 0 Å². The zero-order valence-electron chi connectivity index (χ0n) is 25.0. The van der Waals surface area contributed by atoms with E-state index in [4.69, 9.17) is 0 Å². The van der Waals surface area contributed by atoms with Crippen molar-refractivity contribution in [2.24, 2.45) is 0 Å². The summed E-state index contributed by atoms with van der Waals surface area (Å²) in [7, 11) is -0.825. The van der Waals surface area contributed by atoms with Gasteiger partial charge in [0.15, 0.2) is 0 Å². The molecular formula is C43H26N2S. The molecule has 1 unspecified atom stereocenters. The Labute approximate surface area is 267 Å². The van der Waals surface area contributed by atoms with Crippen LogP contribution in [-0.4, -0.2) is 9.13 Å². The maximum atomic E-state index is 2.65. The predicted molar refractivity (Wildman–Crippen MR) is 196 cm³/mol. The van der Waals surface area contributed by atoms with Gasteiger partial charge in [0.25, 0.3) is 0 Å². The maximum Gasteiger partial charge on any atom is 0.0693 e. The molecule has 12 rings (SSSR count). The monoisotopic (exact) mass is 602 g/mol. The van der Waals surface area contributed by atoms with E-state index in [1.165, 1.54) is 108 Å². The van der Waals surface area contributed by atoms with Gasteiger partial charge in [-0.2, -0.15) is 10.9 Å². The first-order valence-corrected chi connectivity index (χ1v) is 17.4. The lowest BCUT2D eigenvalue weighted by molar-refractivity contribution is 1.03. The molecule has 2 aliphatic heterocycles. The number of rotatable bonds is 0. The summed E-state index contributed by atoms with van der Waals surface area (Å²) >= 11 is 0. The number of thiol groups is 1. The number of hydrogen-bond acceptors (Lipinski definition) is 0. The first kappa shape index (κ1) is 23.8. The van der Waals surface area contributed by atoms with Crippen LogP contribution in [0, 0.1) is 6.92 Å². The summed E-state index contributed by atoms with van der Waals surface area (Å²) in [4.78, 5) is 4.40. The number of aromatic nitrogens is 2. The Hall–Kier alpha value is -5.51. The first-order valence-electron chi connectivity index (χ1n) is 16.0. The molecule has 0 amide bonds. The molecule has 214 valence electrons. The highest BCUT2D eigenvalue weighted by molar-refractivity contribution is 8.17. The molecule has 0 aliphatic carbocycles. The Bertz CT molecular complexity index is 3050. The average molecular weight is 603 g/mol. The highest BCUT2D eigenvalue weighted by Crippen LogP contribution is 2.67. The lowest BCUT2D eigenvalue weighted by atomic mass is 9.91. The number of benzene rings is 8. The lowest BCUT2D eigenvalue weighted by Gasteiger charge is -2.38. The summed E-state index contributed by atoms with van der Waals surface area (Å²) in [6, 6.07) is 50.7. The summed E-state index contributed by atoms with van der Waals surface area (Å²) in [6.07, 6.45) is 0. The van der Waals surface area contributed by atoms with E-state index in [0.29, 0.717) is 0 Å². The largest absolute Gasteiger partial charge is 0.307 e. The Balaban J connectivity index is 1.46. The van der Waals surface area contributed by atoms with Crippen molar-refractivity contribution in [3.8, 4) is 11.4 Å². The van der Waals surface area contributed by atoms with Crippen LogP contribution in [0.25, 0.3) is 87.3 Å².